The van der Waals surface area contributed by atoms with Crippen LogP contribution in [0.3, 0.4) is 0 Å². The lowest BCUT2D eigenvalue weighted by Crippen LogP contribution is -2.50. The highest BCUT2D eigenvalue weighted by Gasteiger charge is 2.60. The van der Waals surface area contributed by atoms with Gasteiger partial charge in [-0.15, -0.1) is 0 Å². The summed E-state index contributed by atoms with van der Waals surface area (Å²) >= 11 is 0. The summed E-state index contributed by atoms with van der Waals surface area (Å²) in [5.41, 5.74) is -4.46. The molecule has 0 unspecified atom stereocenters. The summed E-state index contributed by atoms with van der Waals surface area (Å²) < 4.78 is 65.9. The van der Waals surface area contributed by atoms with Gasteiger partial charge in [0, 0.05) is 0 Å². The highest BCUT2D eigenvalue weighted by molar-refractivity contribution is 6.48. The van der Waals surface area contributed by atoms with E-state index in [1.807, 2.05) is 0 Å². The zero-order valence-corrected chi connectivity index (χ0v) is 10.0. The first kappa shape index (κ1) is 13.9. The molecule has 1 radical (unpaired) electrons. The van der Waals surface area contributed by atoms with E-state index in [9.17, 15) is 22.0 Å². The zero-order valence-electron chi connectivity index (χ0n) is 8.04. The minimum absolute atomic E-state index is 0.613. The molecule has 0 saturated carbocycles. The molecule has 8 heteroatoms. The van der Waals surface area contributed by atoms with E-state index in [4.69, 9.17) is 0 Å². The highest BCUT2D eigenvalue weighted by atomic mass is 28.3. The Labute approximate surface area is 82.6 Å². The van der Waals surface area contributed by atoms with Crippen molar-refractivity contribution in [3.63, 3.8) is 0 Å². The van der Waals surface area contributed by atoms with Gasteiger partial charge in [0.2, 0.25) is 9.04 Å². The molecule has 14 heavy (non-hydrogen) atoms. The van der Waals surface area contributed by atoms with Gasteiger partial charge in [-0.25, -0.2) is 0 Å². The minimum atomic E-state index is -4.46. The van der Waals surface area contributed by atoms with Crippen LogP contribution in [0.4, 0.5) is 17.6 Å². The van der Waals surface area contributed by atoms with Crippen LogP contribution in [0, 0.1) is 0 Å². The first-order valence-electron chi connectivity index (χ1n) is 3.81. The second-order valence-corrected chi connectivity index (χ2v) is 6.88. The van der Waals surface area contributed by atoms with Crippen molar-refractivity contribution in [1.82, 2.24) is 0 Å². The van der Waals surface area contributed by atoms with Gasteiger partial charge in [0.05, 0.1) is 0 Å². The van der Waals surface area contributed by atoms with Crippen molar-refractivity contribution in [3.05, 3.63) is 0 Å². The summed E-state index contributed by atoms with van der Waals surface area (Å²) in [7, 11) is -5.07. The molecular weight excluding hydrogens is 236 g/mol. The number of rotatable bonds is 5. The molecule has 0 heterocycles. The van der Waals surface area contributed by atoms with Crippen molar-refractivity contribution in [2.75, 3.05) is 6.61 Å². The highest BCUT2D eigenvalue weighted by Crippen LogP contribution is 2.34. The fourth-order valence-corrected chi connectivity index (χ4v) is 1.64. The van der Waals surface area contributed by atoms with Crippen LogP contribution in [0.2, 0.25) is 19.6 Å². The molecule has 83 valence electrons. The van der Waals surface area contributed by atoms with Crippen LogP contribution in [0.15, 0.2) is 0 Å². The van der Waals surface area contributed by atoms with Gasteiger partial charge < -0.3 is 8.89 Å². The van der Waals surface area contributed by atoms with E-state index in [1.54, 1.807) is 13.1 Å². The molecule has 0 spiro atoms. The summed E-state index contributed by atoms with van der Waals surface area (Å²) in [6.45, 7) is 2.34. The lowest BCUT2D eigenvalue weighted by Gasteiger charge is -2.24. The van der Waals surface area contributed by atoms with E-state index < -0.39 is 35.8 Å². The Morgan fingerprint density at radius 2 is 1.57 bits per heavy atom. The number of hydrogen-bond donors (Lipinski definition) is 0. The molecule has 0 aromatic heterocycles. The van der Waals surface area contributed by atoms with Crippen molar-refractivity contribution in [2.24, 2.45) is 0 Å². The summed E-state index contributed by atoms with van der Waals surface area (Å²) in [6, 6.07) is 0. The van der Waals surface area contributed by atoms with Gasteiger partial charge in [0.1, 0.15) is 6.61 Å². The third-order valence-electron chi connectivity index (χ3n) is 1.44. The molecular formula is C6H11F4O2Si2. The average Bonchev–Trinajstić information content (AvgIpc) is 2.00. The normalized spacial score (nSPS) is 13.4. The van der Waals surface area contributed by atoms with E-state index >= 15 is 0 Å². The van der Waals surface area contributed by atoms with Crippen molar-refractivity contribution < 1.29 is 26.4 Å². The van der Waals surface area contributed by atoms with Gasteiger partial charge in [-0.1, -0.05) is 0 Å². The fourth-order valence-electron chi connectivity index (χ4n) is 0.583. The summed E-state index contributed by atoms with van der Waals surface area (Å²) in [4.78, 5) is 0. The second-order valence-electron chi connectivity index (χ2n) is 3.03. The topological polar surface area (TPSA) is 26.3 Å². The van der Waals surface area contributed by atoms with Crippen LogP contribution in [-0.4, -0.2) is 35.8 Å². The Kier molecular flexibility index (Phi) is 4.59. The predicted molar refractivity (Wildman–Crippen MR) is 45.6 cm³/mol. The number of halogens is 4. The first-order valence-corrected chi connectivity index (χ1v) is 8.12. The van der Waals surface area contributed by atoms with E-state index in [1.165, 1.54) is 0 Å². The van der Waals surface area contributed by atoms with Gasteiger partial charge in [0.15, 0.2) is 0 Å². The molecule has 0 saturated heterocycles. The maximum absolute atomic E-state index is 12.8. The third-order valence-corrected chi connectivity index (χ3v) is 3.42. The molecule has 0 aromatic rings. The Morgan fingerprint density at radius 1 is 1.14 bits per heavy atom. The van der Waals surface area contributed by atoms with E-state index in [-0.39, 0.29) is 0 Å². The molecule has 0 bridgehead atoms. The summed E-state index contributed by atoms with van der Waals surface area (Å²) in [6.07, 6.45) is 0. The number of alkyl halides is 4. The Balaban J connectivity index is 4.52. The average molecular weight is 247 g/mol. The smallest absolute Gasteiger partial charge is 0.359 e. The SMILES string of the molecule is C[Si](C)OCC(F)(F)C(F)(F)[Si](C)=O. The van der Waals surface area contributed by atoms with Crippen molar-refractivity contribution in [3.8, 4) is 0 Å². The van der Waals surface area contributed by atoms with Gasteiger partial charge >= 0.3 is 20.2 Å². The van der Waals surface area contributed by atoms with Gasteiger partial charge in [-0.05, 0) is 19.6 Å². The summed E-state index contributed by atoms with van der Waals surface area (Å²) in [5.74, 6) is -4.35. The predicted octanol–water partition coefficient (Wildman–Crippen LogP) is 2.12. The van der Waals surface area contributed by atoms with Gasteiger partial charge in [-0.3, -0.25) is 0 Å². The van der Waals surface area contributed by atoms with Crippen molar-refractivity contribution in [1.29, 1.82) is 0 Å². The number of hydrogen-bond acceptors (Lipinski definition) is 2. The Bertz CT molecular complexity index is 220. The molecule has 2 nitrogen and oxygen atoms in total. The largest absolute Gasteiger partial charge is 0.411 e. The maximum Gasteiger partial charge on any atom is 0.359 e. The van der Waals surface area contributed by atoms with Crippen molar-refractivity contribution >= 4 is 17.7 Å². The molecule has 0 fully saturated rings. The van der Waals surface area contributed by atoms with Gasteiger partial charge in [0.25, 0.3) is 0 Å². The first-order chi connectivity index (χ1) is 6.11. The Morgan fingerprint density at radius 3 is 1.86 bits per heavy atom. The van der Waals surface area contributed by atoms with Crippen LogP contribution >= 0.6 is 0 Å². The standard InChI is InChI=1S/C6H11F4O2Si2/c1-13(2)12-4-5(7,8)6(9,10)14(3)11/h4H2,1-3H3. The van der Waals surface area contributed by atoms with Crippen LogP contribution in [0.1, 0.15) is 0 Å². The van der Waals surface area contributed by atoms with Crippen LogP contribution in [-0.2, 0) is 8.89 Å². The minimum Gasteiger partial charge on any atom is -0.411 e. The van der Waals surface area contributed by atoms with Crippen LogP contribution in [0.5, 0.6) is 0 Å². The third kappa shape index (κ3) is 3.24. The van der Waals surface area contributed by atoms with E-state index in [0.29, 0.717) is 6.55 Å². The van der Waals surface area contributed by atoms with Gasteiger partial charge in [-0.2, -0.15) is 17.6 Å². The molecule has 0 aliphatic rings. The Hall–Kier alpha value is -0.0862. The fraction of sp³-hybridized carbons (Fsp3) is 1.00. The van der Waals surface area contributed by atoms with E-state index in [0.717, 1.165) is 0 Å². The molecule has 0 amide bonds. The lowest BCUT2D eigenvalue weighted by molar-refractivity contribution is -0.180. The molecule has 0 aliphatic carbocycles. The zero-order chi connectivity index (χ0) is 11.6. The van der Waals surface area contributed by atoms with Crippen LogP contribution < -0.4 is 0 Å². The molecule has 0 aliphatic heterocycles. The quantitative estimate of drug-likeness (QED) is 0.549. The maximum atomic E-state index is 12.8. The molecule has 0 aromatic carbocycles. The second kappa shape index (κ2) is 4.62. The monoisotopic (exact) mass is 247 g/mol. The molecule has 0 N–H and O–H groups in total. The molecule has 0 rings (SSSR count). The summed E-state index contributed by atoms with van der Waals surface area (Å²) in [5, 5.41) is 0. The lowest BCUT2D eigenvalue weighted by atomic mass is 10.4. The van der Waals surface area contributed by atoms with Crippen molar-refractivity contribution in [2.45, 2.75) is 31.1 Å². The van der Waals surface area contributed by atoms with E-state index in [2.05, 4.69) is 4.43 Å². The van der Waals surface area contributed by atoms with Crippen LogP contribution in [0.25, 0.3) is 0 Å². The molecule has 0 atom stereocenters.